The number of hydrogen-bond donors (Lipinski definition) is 2. The Morgan fingerprint density at radius 1 is 1.05 bits per heavy atom. The molecule has 3 N–H and O–H groups in total. The zero-order chi connectivity index (χ0) is 14.2. The summed E-state index contributed by atoms with van der Waals surface area (Å²) in [5.41, 5.74) is 8.57. The number of hydrogen-bond acceptors (Lipinski definition) is 2. The second-order valence-electron chi connectivity index (χ2n) is 5.98. The van der Waals surface area contributed by atoms with Gasteiger partial charge in [-0.2, -0.15) is 0 Å². The molecule has 2 heteroatoms. The summed E-state index contributed by atoms with van der Waals surface area (Å²) in [4.78, 5) is 0. The van der Waals surface area contributed by atoms with E-state index in [4.69, 9.17) is 5.84 Å². The van der Waals surface area contributed by atoms with E-state index >= 15 is 0 Å². The highest BCUT2D eigenvalue weighted by Gasteiger charge is 2.51. The van der Waals surface area contributed by atoms with E-state index in [1.807, 2.05) is 0 Å². The van der Waals surface area contributed by atoms with Gasteiger partial charge in [-0.3, -0.25) is 11.3 Å². The molecule has 0 aliphatic heterocycles. The van der Waals surface area contributed by atoms with Crippen molar-refractivity contribution in [3.8, 4) is 0 Å². The highest BCUT2D eigenvalue weighted by molar-refractivity contribution is 5.42. The van der Waals surface area contributed by atoms with E-state index in [1.54, 1.807) is 0 Å². The third kappa shape index (κ3) is 2.15. The number of rotatable bonds is 4. The maximum Gasteiger partial charge on any atom is 0.0559 e. The summed E-state index contributed by atoms with van der Waals surface area (Å²) in [5, 5.41) is 0. The Kier molecular flexibility index (Phi) is 3.36. The standard InChI is InChI=1S/C18H22N2/c1-13-8-9-16(14(2)12-13)17(20-19)18(10-11-18)15-6-4-3-5-7-15/h3-9,12,17,20H,10-11,19H2,1-2H3. The van der Waals surface area contributed by atoms with Crippen LogP contribution in [0.5, 0.6) is 0 Å². The smallest absolute Gasteiger partial charge is 0.0559 e. The van der Waals surface area contributed by atoms with E-state index in [2.05, 4.69) is 67.8 Å². The Morgan fingerprint density at radius 3 is 2.30 bits per heavy atom. The van der Waals surface area contributed by atoms with Gasteiger partial charge in [0.1, 0.15) is 0 Å². The van der Waals surface area contributed by atoms with E-state index in [1.165, 1.54) is 35.1 Å². The molecule has 0 heterocycles. The molecule has 20 heavy (non-hydrogen) atoms. The van der Waals surface area contributed by atoms with Crippen molar-refractivity contribution >= 4 is 0 Å². The fourth-order valence-electron chi connectivity index (χ4n) is 3.35. The van der Waals surface area contributed by atoms with Crippen molar-refractivity contribution in [2.45, 2.75) is 38.1 Å². The van der Waals surface area contributed by atoms with E-state index < -0.39 is 0 Å². The molecule has 0 bridgehead atoms. The van der Waals surface area contributed by atoms with E-state index in [9.17, 15) is 0 Å². The molecule has 1 unspecified atom stereocenters. The van der Waals surface area contributed by atoms with Gasteiger partial charge in [-0.05, 0) is 43.4 Å². The van der Waals surface area contributed by atoms with Crippen molar-refractivity contribution in [2.24, 2.45) is 5.84 Å². The summed E-state index contributed by atoms with van der Waals surface area (Å²) in [5.74, 6) is 5.93. The highest BCUT2D eigenvalue weighted by Crippen LogP contribution is 2.56. The first kappa shape index (κ1) is 13.3. The number of aryl methyl sites for hydroxylation is 2. The number of nitrogens with one attached hydrogen (secondary N) is 1. The maximum absolute atomic E-state index is 5.93. The van der Waals surface area contributed by atoms with Crippen molar-refractivity contribution in [3.63, 3.8) is 0 Å². The van der Waals surface area contributed by atoms with Gasteiger partial charge < -0.3 is 0 Å². The van der Waals surface area contributed by atoms with Crippen LogP contribution in [0.25, 0.3) is 0 Å². The van der Waals surface area contributed by atoms with Crippen molar-refractivity contribution < 1.29 is 0 Å². The van der Waals surface area contributed by atoms with Crippen LogP contribution in [0.4, 0.5) is 0 Å². The molecule has 2 aromatic rings. The molecule has 0 amide bonds. The molecule has 0 aromatic heterocycles. The molecule has 3 rings (SSSR count). The van der Waals surface area contributed by atoms with Gasteiger partial charge in [0, 0.05) is 5.41 Å². The molecule has 1 saturated carbocycles. The van der Waals surface area contributed by atoms with Gasteiger partial charge in [0.25, 0.3) is 0 Å². The summed E-state index contributed by atoms with van der Waals surface area (Å²) >= 11 is 0. The Hall–Kier alpha value is -1.64. The minimum absolute atomic E-state index is 0.163. The summed E-state index contributed by atoms with van der Waals surface area (Å²) in [6.07, 6.45) is 2.39. The largest absolute Gasteiger partial charge is 0.271 e. The van der Waals surface area contributed by atoms with Crippen LogP contribution in [0, 0.1) is 13.8 Å². The Balaban J connectivity index is 2.02. The fraction of sp³-hybridized carbons (Fsp3) is 0.333. The zero-order valence-electron chi connectivity index (χ0n) is 12.2. The minimum atomic E-state index is 0.163. The van der Waals surface area contributed by atoms with Crippen LogP contribution < -0.4 is 11.3 Å². The van der Waals surface area contributed by atoms with E-state index in [-0.39, 0.29) is 11.5 Å². The lowest BCUT2D eigenvalue weighted by Gasteiger charge is -2.29. The van der Waals surface area contributed by atoms with Gasteiger partial charge >= 0.3 is 0 Å². The second-order valence-corrected chi connectivity index (χ2v) is 5.98. The molecule has 104 valence electrons. The van der Waals surface area contributed by atoms with Crippen molar-refractivity contribution in [2.75, 3.05) is 0 Å². The van der Waals surface area contributed by atoms with Crippen LogP contribution >= 0.6 is 0 Å². The van der Waals surface area contributed by atoms with E-state index in [0.717, 1.165) is 0 Å². The first-order valence-electron chi connectivity index (χ1n) is 7.26. The molecule has 0 saturated heterocycles. The van der Waals surface area contributed by atoms with Gasteiger partial charge in [0.15, 0.2) is 0 Å². The Morgan fingerprint density at radius 2 is 1.75 bits per heavy atom. The quantitative estimate of drug-likeness (QED) is 0.656. The first-order valence-corrected chi connectivity index (χ1v) is 7.26. The number of hydrazine groups is 1. The monoisotopic (exact) mass is 266 g/mol. The van der Waals surface area contributed by atoms with Crippen LogP contribution in [0.3, 0.4) is 0 Å². The van der Waals surface area contributed by atoms with Crippen LogP contribution in [-0.4, -0.2) is 0 Å². The van der Waals surface area contributed by atoms with Crippen LogP contribution in [-0.2, 0) is 5.41 Å². The van der Waals surface area contributed by atoms with Gasteiger partial charge in [0.05, 0.1) is 6.04 Å². The molecular formula is C18H22N2. The zero-order valence-corrected chi connectivity index (χ0v) is 12.2. The third-order valence-electron chi connectivity index (χ3n) is 4.59. The average molecular weight is 266 g/mol. The predicted octanol–water partition coefficient (Wildman–Crippen LogP) is 3.54. The summed E-state index contributed by atoms with van der Waals surface area (Å²) in [6, 6.07) is 17.6. The van der Waals surface area contributed by atoms with Gasteiger partial charge in [0.2, 0.25) is 0 Å². The van der Waals surface area contributed by atoms with Crippen molar-refractivity contribution in [1.29, 1.82) is 0 Å². The average Bonchev–Trinajstić information content (AvgIpc) is 3.25. The lowest BCUT2D eigenvalue weighted by Crippen LogP contribution is -2.37. The van der Waals surface area contributed by atoms with Crippen molar-refractivity contribution in [3.05, 3.63) is 70.8 Å². The normalized spacial score (nSPS) is 17.8. The first-order chi connectivity index (χ1) is 9.67. The summed E-state index contributed by atoms with van der Waals surface area (Å²) in [6.45, 7) is 4.31. The topological polar surface area (TPSA) is 38.0 Å². The molecule has 1 aliphatic rings. The highest BCUT2D eigenvalue weighted by atomic mass is 15.2. The summed E-state index contributed by atoms with van der Waals surface area (Å²) in [7, 11) is 0. The number of benzene rings is 2. The minimum Gasteiger partial charge on any atom is -0.271 e. The van der Waals surface area contributed by atoms with Gasteiger partial charge in [-0.25, -0.2) is 0 Å². The molecule has 0 radical (unpaired) electrons. The molecule has 2 nitrogen and oxygen atoms in total. The van der Waals surface area contributed by atoms with Gasteiger partial charge in [-0.15, -0.1) is 0 Å². The Bertz CT molecular complexity index is 600. The maximum atomic E-state index is 5.93. The third-order valence-corrected chi connectivity index (χ3v) is 4.59. The molecule has 2 aromatic carbocycles. The van der Waals surface area contributed by atoms with Crippen LogP contribution in [0.15, 0.2) is 48.5 Å². The van der Waals surface area contributed by atoms with Crippen molar-refractivity contribution in [1.82, 2.24) is 5.43 Å². The SMILES string of the molecule is Cc1ccc(C(NN)C2(c3ccccc3)CC2)c(C)c1. The fourth-order valence-corrected chi connectivity index (χ4v) is 3.35. The molecule has 1 aliphatic carbocycles. The van der Waals surface area contributed by atoms with Crippen LogP contribution in [0.1, 0.15) is 41.1 Å². The van der Waals surface area contributed by atoms with E-state index in [0.29, 0.717) is 0 Å². The Labute approximate surface area is 121 Å². The molecule has 1 atom stereocenters. The lowest BCUT2D eigenvalue weighted by atomic mass is 9.82. The molecular weight excluding hydrogens is 244 g/mol. The lowest BCUT2D eigenvalue weighted by molar-refractivity contribution is 0.437. The van der Waals surface area contributed by atoms with Crippen LogP contribution in [0.2, 0.25) is 0 Å². The predicted molar refractivity (Wildman–Crippen MR) is 83.3 cm³/mol. The molecule has 1 fully saturated rings. The van der Waals surface area contributed by atoms with Gasteiger partial charge in [-0.1, -0.05) is 54.1 Å². The number of nitrogens with two attached hydrogens (primary N) is 1. The molecule has 0 spiro atoms. The summed E-state index contributed by atoms with van der Waals surface area (Å²) < 4.78 is 0. The second kappa shape index (κ2) is 5.04.